The molecule has 0 radical (unpaired) electrons. The summed E-state index contributed by atoms with van der Waals surface area (Å²) in [6.07, 6.45) is -0.0639. The molecule has 110 valence electrons. The lowest BCUT2D eigenvalue weighted by molar-refractivity contribution is -0.139. The van der Waals surface area contributed by atoms with Gasteiger partial charge >= 0.3 is 5.97 Å². The molecule has 1 aromatic carbocycles. The first-order valence-corrected chi connectivity index (χ1v) is 6.10. The average molecular weight is 291 g/mol. The number of aliphatic carboxylic acids is 1. The van der Waals surface area contributed by atoms with Gasteiger partial charge in [0.25, 0.3) is 5.91 Å². The molecule has 0 spiro atoms. The van der Waals surface area contributed by atoms with Crippen LogP contribution in [0.5, 0.6) is 0 Å². The summed E-state index contributed by atoms with van der Waals surface area (Å²) >= 11 is 0. The molecule has 0 aliphatic carbocycles. The van der Waals surface area contributed by atoms with Gasteiger partial charge in [-0.25, -0.2) is 4.79 Å². The van der Waals surface area contributed by atoms with Crippen LogP contribution in [0.2, 0.25) is 0 Å². The van der Waals surface area contributed by atoms with E-state index in [1.807, 2.05) is 0 Å². The van der Waals surface area contributed by atoms with Crippen molar-refractivity contribution in [1.82, 2.24) is 25.9 Å². The Bertz CT molecular complexity index is 628. The lowest BCUT2D eigenvalue weighted by Gasteiger charge is -2.13. The molecule has 2 rings (SSSR count). The highest BCUT2D eigenvalue weighted by Crippen LogP contribution is 2.15. The monoisotopic (exact) mass is 291 g/mol. The summed E-state index contributed by atoms with van der Waals surface area (Å²) in [5.41, 5.74) is 0.840. The second kappa shape index (κ2) is 6.57. The molecule has 0 fully saturated rings. The van der Waals surface area contributed by atoms with Crippen LogP contribution in [0.3, 0.4) is 0 Å². The van der Waals surface area contributed by atoms with Crippen LogP contribution in [0.15, 0.2) is 24.3 Å². The van der Waals surface area contributed by atoms with Crippen molar-refractivity contribution < 1.29 is 19.8 Å². The summed E-state index contributed by atoms with van der Waals surface area (Å²) in [6, 6.07) is 5.25. The van der Waals surface area contributed by atoms with Crippen molar-refractivity contribution in [3.8, 4) is 11.4 Å². The van der Waals surface area contributed by atoms with Gasteiger partial charge in [0.15, 0.2) is 0 Å². The van der Waals surface area contributed by atoms with E-state index in [1.165, 1.54) is 12.1 Å². The predicted octanol–water partition coefficient (Wildman–Crippen LogP) is -0.568. The maximum atomic E-state index is 12.0. The fraction of sp³-hybridized carbons (Fsp3) is 0.250. The van der Waals surface area contributed by atoms with Crippen LogP contribution < -0.4 is 5.32 Å². The van der Waals surface area contributed by atoms with Gasteiger partial charge in [-0.2, -0.15) is 5.21 Å². The van der Waals surface area contributed by atoms with E-state index in [9.17, 15) is 9.59 Å². The first kappa shape index (κ1) is 14.6. The van der Waals surface area contributed by atoms with Crippen molar-refractivity contribution in [2.75, 3.05) is 6.61 Å². The van der Waals surface area contributed by atoms with Gasteiger partial charge in [-0.15, -0.1) is 10.2 Å². The Morgan fingerprint density at radius 2 is 2.19 bits per heavy atom. The summed E-state index contributed by atoms with van der Waals surface area (Å²) in [6.45, 7) is -0.333. The van der Waals surface area contributed by atoms with Crippen molar-refractivity contribution in [2.24, 2.45) is 0 Å². The van der Waals surface area contributed by atoms with Crippen molar-refractivity contribution in [2.45, 2.75) is 12.5 Å². The van der Waals surface area contributed by atoms with Gasteiger partial charge in [0, 0.05) is 24.2 Å². The lowest BCUT2D eigenvalue weighted by atomic mass is 10.1. The zero-order valence-corrected chi connectivity index (χ0v) is 10.9. The lowest BCUT2D eigenvalue weighted by Crippen LogP contribution is -2.41. The largest absolute Gasteiger partial charge is 0.480 e. The van der Waals surface area contributed by atoms with E-state index in [2.05, 4.69) is 25.9 Å². The molecule has 1 heterocycles. The maximum Gasteiger partial charge on any atom is 0.326 e. The SMILES string of the molecule is O=C(N[C@H](CCO)C(=O)O)c1cccc(-c2nn[nH]n2)c1. The summed E-state index contributed by atoms with van der Waals surface area (Å²) in [5, 5.41) is 33.4. The smallest absolute Gasteiger partial charge is 0.326 e. The molecule has 21 heavy (non-hydrogen) atoms. The highest BCUT2D eigenvalue weighted by Gasteiger charge is 2.20. The summed E-state index contributed by atoms with van der Waals surface area (Å²) in [4.78, 5) is 23.0. The third-order valence-corrected chi connectivity index (χ3v) is 2.75. The number of amides is 1. The highest BCUT2D eigenvalue weighted by molar-refractivity contribution is 5.97. The number of tetrazole rings is 1. The van der Waals surface area contributed by atoms with Crippen LogP contribution in [0.1, 0.15) is 16.8 Å². The third-order valence-electron chi connectivity index (χ3n) is 2.75. The zero-order chi connectivity index (χ0) is 15.2. The number of aliphatic hydroxyl groups is 1. The van der Waals surface area contributed by atoms with Gasteiger partial charge in [0.2, 0.25) is 5.82 Å². The van der Waals surface area contributed by atoms with Gasteiger partial charge in [-0.3, -0.25) is 4.79 Å². The zero-order valence-electron chi connectivity index (χ0n) is 10.9. The number of aromatic nitrogens is 4. The molecule has 0 bridgehead atoms. The van der Waals surface area contributed by atoms with Crippen LogP contribution in [-0.2, 0) is 4.79 Å². The number of nitrogens with zero attached hydrogens (tertiary/aromatic N) is 3. The van der Waals surface area contributed by atoms with E-state index in [4.69, 9.17) is 10.2 Å². The third kappa shape index (κ3) is 3.60. The number of carbonyl (C=O) groups excluding carboxylic acids is 1. The molecule has 1 atom stereocenters. The van der Waals surface area contributed by atoms with Crippen LogP contribution in [0.4, 0.5) is 0 Å². The van der Waals surface area contributed by atoms with Gasteiger partial charge in [0.05, 0.1) is 0 Å². The van der Waals surface area contributed by atoms with Crippen LogP contribution in [-0.4, -0.2) is 55.4 Å². The van der Waals surface area contributed by atoms with Crippen LogP contribution >= 0.6 is 0 Å². The van der Waals surface area contributed by atoms with Crippen molar-refractivity contribution in [3.05, 3.63) is 29.8 Å². The number of rotatable bonds is 6. The molecule has 1 aromatic heterocycles. The van der Waals surface area contributed by atoms with Crippen molar-refractivity contribution in [1.29, 1.82) is 0 Å². The molecule has 0 saturated heterocycles. The first-order chi connectivity index (χ1) is 10.1. The molecule has 0 aliphatic rings. The summed E-state index contributed by atoms with van der Waals surface area (Å²) < 4.78 is 0. The molecule has 4 N–H and O–H groups in total. The summed E-state index contributed by atoms with van der Waals surface area (Å²) in [7, 11) is 0. The van der Waals surface area contributed by atoms with E-state index >= 15 is 0 Å². The van der Waals surface area contributed by atoms with Crippen molar-refractivity contribution in [3.63, 3.8) is 0 Å². The van der Waals surface area contributed by atoms with Gasteiger partial charge in [-0.1, -0.05) is 12.1 Å². The Hall–Kier alpha value is -2.81. The average Bonchev–Trinajstić information content (AvgIpc) is 3.01. The summed E-state index contributed by atoms with van der Waals surface area (Å²) in [5.74, 6) is -1.43. The van der Waals surface area contributed by atoms with E-state index in [0.717, 1.165) is 0 Å². The Kier molecular flexibility index (Phi) is 4.57. The number of benzene rings is 1. The number of H-pyrrole nitrogens is 1. The molecule has 9 heteroatoms. The molecule has 1 amide bonds. The molecule has 2 aromatic rings. The van der Waals surface area contributed by atoms with Crippen LogP contribution in [0.25, 0.3) is 11.4 Å². The number of aromatic amines is 1. The minimum absolute atomic E-state index is 0.0639. The number of hydrogen-bond acceptors (Lipinski definition) is 6. The van der Waals surface area contributed by atoms with E-state index in [-0.39, 0.29) is 18.6 Å². The minimum atomic E-state index is -1.20. The van der Waals surface area contributed by atoms with Gasteiger partial charge < -0.3 is 15.5 Å². The van der Waals surface area contributed by atoms with E-state index in [1.54, 1.807) is 12.1 Å². The number of aliphatic hydroxyl groups excluding tert-OH is 1. The highest BCUT2D eigenvalue weighted by atomic mass is 16.4. The molecule has 0 aliphatic heterocycles. The quantitative estimate of drug-likeness (QED) is 0.558. The van der Waals surface area contributed by atoms with E-state index < -0.39 is 17.9 Å². The standard InChI is InChI=1S/C12H13N5O4/c18-5-4-9(12(20)21)13-11(19)8-3-1-2-7(6-8)10-14-16-17-15-10/h1-3,6,9,18H,4-5H2,(H,13,19)(H,20,21)(H,14,15,16,17)/t9-/m1/s1. The Balaban J connectivity index is 2.16. The number of hydrogen-bond donors (Lipinski definition) is 4. The number of nitrogens with one attached hydrogen (secondary N) is 2. The second-order valence-electron chi connectivity index (χ2n) is 4.19. The Morgan fingerprint density at radius 3 is 2.81 bits per heavy atom. The van der Waals surface area contributed by atoms with Gasteiger partial charge in [-0.05, 0) is 17.3 Å². The Labute approximate surface area is 119 Å². The predicted molar refractivity (Wildman–Crippen MR) is 70.2 cm³/mol. The van der Waals surface area contributed by atoms with E-state index in [0.29, 0.717) is 11.4 Å². The molecule has 0 saturated carbocycles. The van der Waals surface area contributed by atoms with Crippen LogP contribution in [0, 0.1) is 0 Å². The number of carboxylic acid groups (broad SMARTS) is 1. The first-order valence-electron chi connectivity index (χ1n) is 6.10. The maximum absolute atomic E-state index is 12.0. The molecular weight excluding hydrogens is 278 g/mol. The fourth-order valence-electron chi connectivity index (χ4n) is 1.71. The number of carbonyl (C=O) groups is 2. The molecule has 0 unspecified atom stereocenters. The van der Waals surface area contributed by atoms with Crippen molar-refractivity contribution >= 4 is 11.9 Å². The fourth-order valence-corrected chi connectivity index (χ4v) is 1.71. The number of carboxylic acids is 1. The Morgan fingerprint density at radius 1 is 1.38 bits per heavy atom. The molecule has 9 nitrogen and oxygen atoms in total. The van der Waals surface area contributed by atoms with Gasteiger partial charge in [0.1, 0.15) is 6.04 Å². The topological polar surface area (TPSA) is 141 Å². The second-order valence-corrected chi connectivity index (χ2v) is 4.19. The minimum Gasteiger partial charge on any atom is -0.480 e. The molecular formula is C12H13N5O4. The normalized spacial score (nSPS) is 11.9.